The molecule has 0 aliphatic carbocycles. The molecule has 5 rings (SSSR count). The summed E-state index contributed by atoms with van der Waals surface area (Å²) in [5.74, 6) is -0.702. The number of carbonyl (C=O) groups is 2. The number of fused-ring (bicyclic) bond motifs is 1. The minimum absolute atomic E-state index is 0.0714. The Morgan fingerprint density at radius 1 is 0.791 bits per heavy atom. The molecule has 0 aliphatic rings. The average molecular weight is 578 g/mol. The van der Waals surface area contributed by atoms with Gasteiger partial charge in [0.1, 0.15) is 12.4 Å². The number of hydrogen-bond acceptors (Lipinski definition) is 3. The maximum atomic E-state index is 13.9. The molecule has 0 unspecified atom stereocenters. The summed E-state index contributed by atoms with van der Waals surface area (Å²) < 4.78 is 18.8. The molecule has 220 valence electrons. The van der Waals surface area contributed by atoms with E-state index in [4.69, 9.17) is 4.74 Å². The number of amides is 2. The molecule has 7 heteroatoms. The van der Waals surface area contributed by atoms with Gasteiger partial charge in [0.2, 0.25) is 5.91 Å². The predicted octanol–water partition coefficient (Wildman–Crippen LogP) is 6.72. The maximum Gasteiger partial charge on any atom is 0.254 e. The van der Waals surface area contributed by atoms with Gasteiger partial charge in [-0.2, -0.15) is 0 Å². The molecule has 0 aliphatic heterocycles. The van der Waals surface area contributed by atoms with Crippen LogP contribution in [0.3, 0.4) is 0 Å². The Morgan fingerprint density at radius 2 is 1.49 bits per heavy atom. The number of H-pyrrole nitrogens is 1. The summed E-state index contributed by atoms with van der Waals surface area (Å²) in [6, 6.07) is 31.7. The zero-order valence-electron chi connectivity index (χ0n) is 24.3. The van der Waals surface area contributed by atoms with Gasteiger partial charge in [-0.05, 0) is 65.4 Å². The SMILES string of the molecule is COCCCN(CC(=O)N(CCc1c[nH]c2ccccc12)Cc1ccc(F)cc1)C(=O)c1ccc(-c2ccccc2)cc1. The molecule has 0 saturated heterocycles. The fourth-order valence-corrected chi connectivity index (χ4v) is 5.23. The van der Waals surface area contributed by atoms with E-state index in [-0.39, 0.29) is 24.2 Å². The van der Waals surface area contributed by atoms with E-state index in [0.717, 1.165) is 33.2 Å². The molecule has 0 saturated carbocycles. The highest BCUT2D eigenvalue weighted by molar-refractivity contribution is 5.97. The second-order valence-electron chi connectivity index (χ2n) is 10.6. The molecule has 1 N–H and O–H groups in total. The van der Waals surface area contributed by atoms with Gasteiger partial charge in [0.15, 0.2) is 0 Å². The lowest BCUT2D eigenvalue weighted by Gasteiger charge is -2.28. The Morgan fingerprint density at radius 3 is 2.23 bits per heavy atom. The van der Waals surface area contributed by atoms with E-state index >= 15 is 0 Å². The van der Waals surface area contributed by atoms with Crippen LogP contribution < -0.4 is 0 Å². The first-order chi connectivity index (χ1) is 21.0. The second-order valence-corrected chi connectivity index (χ2v) is 10.6. The topological polar surface area (TPSA) is 65.6 Å². The van der Waals surface area contributed by atoms with Crippen molar-refractivity contribution in [1.29, 1.82) is 0 Å². The van der Waals surface area contributed by atoms with Crippen LogP contribution in [0.1, 0.15) is 27.9 Å². The van der Waals surface area contributed by atoms with Gasteiger partial charge in [0, 0.05) is 56.0 Å². The number of nitrogens with one attached hydrogen (secondary N) is 1. The van der Waals surface area contributed by atoms with Crippen LogP contribution in [0.15, 0.2) is 109 Å². The number of aromatic nitrogens is 1. The van der Waals surface area contributed by atoms with E-state index in [1.807, 2.05) is 79.0 Å². The van der Waals surface area contributed by atoms with Crippen LogP contribution in [0.4, 0.5) is 4.39 Å². The lowest BCUT2D eigenvalue weighted by molar-refractivity contribution is -0.132. The normalized spacial score (nSPS) is 11.0. The van der Waals surface area contributed by atoms with E-state index < -0.39 is 0 Å². The van der Waals surface area contributed by atoms with Crippen molar-refractivity contribution in [2.45, 2.75) is 19.4 Å². The standard InChI is InChI=1S/C36H36FN3O3/c1-43-23-7-21-40(36(42)30-16-14-29(15-17-30)28-8-3-2-4-9-28)26-35(41)39(25-27-12-18-32(37)19-13-27)22-20-31-24-38-34-11-6-5-10-33(31)34/h2-6,8-19,24,38H,7,20-23,25-26H2,1H3. The zero-order valence-corrected chi connectivity index (χ0v) is 24.3. The van der Waals surface area contributed by atoms with Crippen LogP contribution in [0.25, 0.3) is 22.0 Å². The number of aromatic amines is 1. The Balaban J connectivity index is 1.34. The molecule has 1 heterocycles. The molecule has 0 bridgehead atoms. The Hall–Kier alpha value is -4.75. The van der Waals surface area contributed by atoms with E-state index in [0.29, 0.717) is 44.6 Å². The van der Waals surface area contributed by atoms with Crippen molar-refractivity contribution in [2.24, 2.45) is 0 Å². The monoisotopic (exact) mass is 577 g/mol. The van der Waals surface area contributed by atoms with Crippen molar-refractivity contribution < 1.29 is 18.7 Å². The summed E-state index contributed by atoms with van der Waals surface area (Å²) in [4.78, 5) is 34.2. The number of carbonyl (C=O) groups excluding carboxylic acids is 2. The molecular formula is C36H36FN3O3. The minimum atomic E-state index is -0.325. The number of ether oxygens (including phenoxy) is 1. The zero-order chi connectivity index (χ0) is 30.0. The minimum Gasteiger partial charge on any atom is -0.385 e. The number of nitrogens with zero attached hydrogens (tertiary/aromatic N) is 2. The summed E-state index contributed by atoms with van der Waals surface area (Å²) in [6.07, 6.45) is 3.21. The first kappa shape index (κ1) is 29.7. The summed E-state index contributed by atoms with van der Waals surface area (Å²) in [5.41, 5.74) is 5.58. The van der Waals surface area contributed by atoms with Gasteiger partial charge in [0.05, 0.1) is 0 Å². The third-order valence-corrected chi connectivity index (χ3v) is 7.59. The summed E-state index contributed by atoms with van der Waals surface area (Å²) in [7, 11) is 1.62. The van der Waals surface area contributed by atoms with Gasteiger partial charge in [-0.3, -0.25) is 9.59 Å². The van der Waals surface area contributed by atoms with Gasteiger partial charge in [0.25, 0.3) is 5.91 Å². The number of halogens is 1. The van der Waals surface area contributed by atoms with Crippen LogP contribution in [0, 0.1) is 5.82 Å². The molecular weight excluding hydrogens is 541 g/mol. The predicted molar refractivity (Wildman–Crippen MR) is 168 cm³/mol. The third kappa shape index (κ3) is 7.76. The van der Waals surface area contributed by atoms with Crippen LogP contribution in [0.2, 0.25) is 0 Å². The Kier molecular flexibility index (Phi) is 9.97. The lowest BCUT2D eigenvalue weighted by atomic mass is 10.0. The van der Waals surface area contributed by atoms with E-state index in [9.17, 15) is 14.0 Å². The largest absolute Gasteiger partial charge is 0.385 e. The molecule has 43 heavy (non-hydrogen) atoms. The van der Waals surface area contributed by atoms with Crippen molar-refractivity contribution in [3.05, 3.63) is 132 Å². The van der Waals surface area contributed by atoms with Gasteiger partial charge in [-0.25, -0.2) is 4.39 Å². The van der Waals surface area contributed by atoms with Crippen molar-refractivity contribution in [3.8, 4) is 11.1 Å². The second kappa shape index (κ2) is 14.4. The van der Waals surface area contributed by atoms with Crippen LogP contribution >= 0.6 is 0 Å². The Labute approximate surface area is 251 Å². The fourth-order valence-electron chi connectivity index (χ4n) is 5.23. The highest BCUT2D eigenvalue weighted by Crippen LogP contribution is 2.21. The molecule has 0 radical (unpaired) electrons. The molecule has 0 fully saturated rings. The molecule has 0 atom stereocenters. The number of para-hydroxylation sites is 1. The van der Waals surface area contributed by atoms with Gasteiger partial charge in [-0.15, -0.1) is 0 Å². The summed E-state index contributed by atoms with van der Waals surface area (Å²) in [5, 5.41) is 1.12. The number of methoxy groups -OCH3 is 1. The number of benzene rings is 4. The van der Waals surface area contributed by atoms with E-state index in [1.165, 1.54) is 12.1 Å². The van der Waals surface area contributed by atoms with Gasteiger partial charge >= 0.3 is 0 Å². The van der Waals surface area contributed by atoms with Crippen molar-refractivity contribution >= 4 is 22.7 Å². The highest BCUT2D eigenvalue weighted by atomic mass is 19.1. The molecule has 4 aromatic carbocycles. The highest BCUT2D eigenvalue weighted by Gasteiger charge is 2.23. The molecule has 5 aromatic rings. The van der Waals surface area contributed by atoms with Crippen LogP contribution in [0.5, 0.6) is 0 Å². The maximum absolute atomic E-state index is 13.9. The number of rotatable bonds is 13. The van der Waals surface area contributed by atoms with Gasteiger partial charge in [-0.1, -0.05) is 72.8 Å². The quantitative estimate of drug-likeness (QED) is 0.158. The van der Waals surface area contributed by atoms with E-state index in [1.54, 1.807) is 29.0 Å². The molecule has 6 nitrogen and oxygen atoms in total. The Bertz CT molecular complexity index is 1630. The third-order valence-electron chi connectivity index (χ3n) is 7.59. The first-order valence-electron chi connectivity index (χ1n) is 14.5. The fraction of sp³-hybridized carbons (Fsp3) is 0.222. The van der Waals surface area contributed by atoms with Crippen molar-refractivity contribution in [2.75, 3.05) is 33.4 Å². The lowest BCUT2D eigenvalue weighted by Crippen LogP contribution is -2.44. The molecule has 1 aromatic heterocycles. The van der Waals surface area contributed by atoms with E-state index in [2.05, 4.69) is 11.1 Å². The summed E-state index contributed by atoms with van der Waals surface area (Å²) in [6.45, 7) is 1.55. The van der Waals surface area contributed by atoms with Gasteiger partial charge < -0.3 is 19.5 Å². The van der Waals surface area contributed by atoms with Crippen molar-refractivity contribution in [3.63, 3.8) is 0 Å². The van der Waals surface area contributed by atoms with Crippen LogP contribution in [-0.2, 0) is 22.5 Å². The van der Waals surface area contributed by atoms with Crippen molar-refractivity contribution in [1.82, 2.24) is 14.8 Å². The molecule has 0 spiro atoms. The average Bonchev–Trinajstić information content (AvgIpc) is 3.46. The summed E-state index contributed by atoms with van der Waals surface area (Å²) >= 11 is 0. The van der Waals surface area contributed by atoms with Crippen LogP contribution in [-0.4, -0.2) is 59.9 Å². The smallest absolute Gasteiger partial charge is 0.254 e. The number of hydrogen-bond donors (Lipinski definition) is 1. The first-order valence-corrected chi connectivity index (χ1v) is 14.5. The molecule has 2 amide bonds.